The fraction of sp³-hybridized carbons (Fsp3) is 0.312. The van der Waals surface area contributed by atoms with Gasteiger partial charge in [-0.2, -0.15) is 0 Å². The van der Waals surface area contributed by atoms with Gasteiger partial charge in [-0.05, 0) is 18.6 Å². The van der Waals surface area contributed by atoms with Gasteiger partial charge in [0.2, 0.25) is 0 Å². The molecule has 1 amide bonds. The topological polar surface area (TPSA) is 58.1 Å². The van der Waals surface area contributed by atoms with Crippen molar-refractivity contribution < 1.29 is 4.79 Å². The number of para-hydroxylation sites is 1. The van der Waals surface area contributed by atoms with Crippen molar-refractivity contribution >= 4 is 29.0 Å². The van der Waals surface area contributed by atoms with Gasteiger partial charge in [0.1, 0.15) is 17.8 Å². The zero-order chi connectivity index (χ0) is 15.9. The second-order valence-corrected chi connectivity index (χ2v) is 5.38. The normalized spacial score (nSPS) is 10.3. The van der Waals surface area contributed by atoms with E-state index in [0.29, 0.717) is 16.4 Å². The van der Waals surface area contributed by atoms with Crippen molar-refractivity contribution in [2.24, 2.45) is 0 Å². The Bertz CT molecular complexity index is 648. The Morgan fingerprint density at radius 3 is 2.82 bits per heavy atom. The number of rotatable bonds is 6. The lowest BCUT2D eigenvalue weighted by Crippen LogP contribution is -2.21. The fourth-order valence-electron chi connectivity index (χ4n) is 1.94. The molecular weight excluding hydrogens is 300 g/mol. The first-order valence-electron chi connectivity index (χ1n) is 7.21. The van der Waals surface area contributed by atoms with Crippen LogP contribution in [0.1, 0.15) is 30.3 Å². The highest BCUT2D eigenvalue weighted by Crippen LogP contribution is 2.21. The number of halogens is 1. The Morgan fingerprint density at radius 1 is 1.32 bits per heavy atom. The summed E-state index contributed by atoms with van der Waals surface area (Å²) in [6.07, 6.45) is 3.58. The summed E-state index contributed by atoms with van der Waals surface area (Å²) in [5.41, 5.74) is 0.877. The van der Waals surface area contributed by atoms with Crippen molar-refractivity contribution in [3.8, 4) is 0 Å². The molecule has 6 heteroatoms. The molecule has 22 heavy (non-hydrogen) atoms. The average molecular weight is 319 g/mol. The van der Waals surface area contributed by atoms with Crippen molar-refractivity contribution in [2.75, 3.05) is 23.8 Å². The van der Waals surface area contributed by atoms with Gasteiger partial charge in [0, 0.05) is 19.7 Å². The van der Waals surface area contributed by atoms with Gasteiger partial charge in [0.25, 0.3) is 5.91 Å². The number of hydrogen-bond acceptors (Lipinski definition) is 4. The molecule has 0 unspecified atom stereocenters. The summed E-state index contributed by atoms with van der Waals surface area (Å²) in [6.45, 7) is 3.02. The SMILES string of the molecule is CCCCN(C)c1cc(C(=O)Nc2ccccc2Cl)ncn1. The number of anilines is 2. The van der Waals surface area contributed by atoms with Gasteiger partial charge in [0.05, 0.1) is 10.7 Å². The first kappa shape index (κ1) is 16.2. The minimum atomic E-state index is -0.305. The quantitative estimate of drug-likeness (QED) is 0.883. The molecule has 116 valence electrons. The van der Waals surface area contributed by atoms with E-state index in [1.165, 1.54) is 6.33 Å². The number of benzene rings is 1. The van der Waals surface area contributed by atoms with Crippen LogP contribution >= 0.6 is 11.6 Å². The maximum atomic E-state index is 12.3. The van der Waals surface area contributed by atoms with E-state index in [0.717, 1.165) is 25.2 Å². The highest BCUT2D eigenvalue weighted by molar-refractivity contribution is 6.33. The number of aromatic nitrogens is 2. The average Bonchev–Trinajstić information content (AvgIpc) is 2.54. The van der Waals surface area contributed by atoms with Crippen molar-refractivity contribution in [2.45, 2.75) is 19.8 Å². The molecule has 0 aliphatic rings. The van der Waals surface area contributed by atoms with E-state index in [9.17, 15) is 4.79 Å². The molecule has 5 nitrogen and oxygen atoms in total. The van der Waals surface area contributed by atoms with Crippen LogP contribution in [0.5, 0.6) is 0 Å². The smallest absolute Gasteiger partial charge is 0.274 e. The highest BCUT2D eigenvalue weighted by atomic mass is 35.5. The molecular formula is C16H19ClN4O. The van der Waals surface area contributed by atoms with Gasteiger partial charge in [-0.25, -0.2) is 9.97 Å². The van der Waals surface area contributed by atoms with E-state index in [4.69, 9.17) is 11.6 Å². The molecule has 2 rings (SSSR count). The molecule has 2 aromatic rings. The molecule has 0 fully saturated rings. The minimum Gasteiger partial charge on any atom is -0.360 e. The van der Waals surface area contributed by atoms with E-state index in [-0.39, 0.29) is 5.91 Å². The summed E-state index contributed by atoms with van der Waals surface area (Å²) < 4.78 is 0. The molecule has 0 spiro atoms. The van der Waals surface area contributed by atoms with Gasteiger partial charge in [-0.3, -0.25) is 4.79 Å². The molecule has 0 aliphatic heterocycles. The van der Waals surface area contributed by atoms with Crippen LogP contribution in [0.25, 0.3) is 0 Å². The third kappa shape index (κ3) is 4.18. The number of unbranched alkanes of at least 4 members (excludes halogenated alkanes) is 1. The lowest BCUT2D eigenvalue weighted by Gasteiger charge is -2.17. The zero-order valence-electron chi connectivity index (χ0n) is 12.7. The van der Waals surface area contributed by atoms with Crippen LogP contribution in [0, 0.1) is 0 Å². The second kappa shape index (κ2) is 7.75. The number of nitrogens with zero attached hydrogens (tertiary/aromatic N) is 3. The number of carbonyl (C=O) groups is 1. The number of amides is 1. The predicted octanol–water partition coefficient (Wildman–Crippen LogP) is 3.62. The van der Waals surface area contributed by atoms with Crippen molar-refractivity contribution in [1.29, 1.82) is 0 Å². The van der Waals surface area contributed by atoms with E-state index in [2.05, 4.69) is 22.2 Å². The van der Waals surface area contributed by atoms with E-state index >= 15 is 0 Å². The Labute approximate surface area is 135 Å². The van der Waals surface area contributed by atoms with E-state index < -0.39 is 0 Å². The van der Waals surface area contributed by atoms with Crippen molar-refractivity contribution in [3.63, 3.8) is 0 Å². The van der Waals surface area contributed by atoms with Gasteiger partial charge >= 0.3 is 0 Å². The lowest BCUT2D eigenvalue weighted by molar-refractivity contribution is 0.102. The first-order valence-corrected chi connectivity index (χ1v) is 7.58. The number of hydrogen-bond donors (Lipinski definition) is 1. The minimum absolute atomic E-state index is 0.305. The zero-order valence-corrected chi connectivity index (χ0v) is 13.5. The van der Waals surface area contributed by atoms with E-state index in [1.807, 2.05) is 24.1 Å². The maximum absolute atomic E-state index is 12.3. The van der Waals surface area contributed by atoms with Gasteiger partial charge < -0.3 is 10.2 Å². The van der Waals surface area contributed by atoms with Gasteiger partial charge in [-0.15, -0.1) is 0 Å². The summed E-state index contributed by atoms with van der Waals surface area (Å²) in [5, 5.41) is 3.25. The predicted molar refractivity (Wildman–Crippen MR) is 89.6 cm³/mol. The summed E-state index contributed by atoms with van der Waals surface area (Å²) in [6, 6.07) is 8.77. The van der Waals surface area contributed by atoms with E-state index in [1.54, 1.807) is 18.2 Å². The highest BCUT2D eigenvalue weighted by Gasteiger charge is 2.12. The monoisotopic (exact) mass is 318 g/mol. The number of carbonyl (C=O) groups excluding carboxylic acids is 1. The molecule has 1 aromatic heterocycles. The van der Waals surface area contributed by atoms with Gasteiger partial charge in [0.15, 0.2) is 0 Å². The molecule has 0 bridgehead atoms. The Balaban J connectivity index is 2.12. The van der Waals surface area contributed by atoms with Crippen LogP contribution in [-0.2, 0) is 0 Å². The molecule has 1 N–H and O–H groups in total. The van der Waals surface area contributed by atoms with Gasteiger partial charge in [-0.1, -0.05) is 37.1 Å². The van der Waals surface area contributed by atoms with Crippen LogP contribution in [0.3, 0.4) is 0 Å². The molecule has 0 aliphatic carbocycles. The van der Waals surface area contributed by atoms with Crippen LogP contribution in [0.15, 0.2) is 36.7 Å². The summed E-state index contributed by atoms with van der Waals surface area (Å²) in [7, 11) is 1.95. The van der Waals surface area contributed by atoms with Crippen LogP contribution in [0.2, 0.25) is 5.02 Å². The standard InChI is InChI=1S/C16H19ClN4O/c1-3-4-9-21(2)15-10-14(18-11-19-15)16(22)20-13-8-6-5-7-12(13)17/h5-8,10-11H,3-4,9H2,1-2H3,(H,20,22). The Hall–Kier alpha value is -2.14. The third-order valence-corrected chi connectivity index (χ3v) is 3.58. The third-order valence-electron chi connectivity index (χ3n) is 3.25. The summed E-state index contributed by atoms with van der Waals surface area (Å²) >= 11 is 6.04. The molecule has 1 aromatic carbocycles. The van der Waals surface area contributed by atoms with Crippen LogP contribution in [0.4, 0.5) is 11.5 Å². The number of nitrogens with one attached hydrogen (secondary N) is 1. The molecule has 0 saturated heterocycles. The molecule has 0 atom stereocenters. The lowest BCUT2D eigenvalue weighted by atomic mass is 10.3. The summed E-state index contributed by atoms with van der Waals surface area (Å²) in [5.74, 6) is 0.424. The van der Waals surface area contributed by atoms with Crippen LogP contribution < -0.4 is 10.2 Å². The first-order chi connectivity index (χ1) is 10.6. The largest absolute Gasteiger partial charge is 0.360 e. The fourth-order valence-corrected chi connectivity index (χ4v) is 2.12. The molecule has 0 saturated carbocycles. The van der Waals surface area contributed by atoms with Crippen molar-refractivity contribution in [1.82, 2.24) is 9.97 Å². The molecule has 0 radical (unpaired) electrons. The Morgan fingerprint density at radius 2 is 2.09 bits per heavy atom. The molecule has 1 heterocycles. The Kier molecular flexibility index (Phi) is 5.72. The second-order valence-electron chi connectivity index (χ2n) is 4.97. The summed E-state index contributed by atoms with van der Waals surface area (Å²) in [4.78, 5) is 22.5. The maximum Gasteiger partial charge on any atom is 0.274 e. The van der Waals surface area contributed by atoms with Crippen molar-refractivity contribution in [3.05, 3.63) is 47.4 Å². The van der Waals surface area contributed by atoms with Crippen LogP contribution in [-0.4, -0.2) is 29.5 Å².